The van der Waals surface area contributed by atoms with E-state index in [1.807, 2.05) is 19.9 Å². The maximum Gasteiger partial charge on any atom is 0.387 e. The number of aromatic nitrogens is 1. The zero-order valence-corrected chi connectivity index (χ0v) is 13.1. The number of alkyl halides is 2. The third kappa shape index (κ3) is 4.72. The van der Waals surface area contributed by atoms with Crippen LogP contribution in [0, 0.1) is 5.82 Å². The molecule has 0 bridgehead atoms. The molecule has 7 heteroatoms. The van der Waals surface area contributed by atoms with Crippen LogP contribution in [0.2, 0.25) is 0 Å². The average molecular weight is 328 g/mol. The molecule has 23 heavy (non-hydrogen) atoms. The van der Waals surface area contributed by atoms with E-state index in [1.54, 1.807) is 6.92 Å². The van der Waals surface area contributed by atoms with Gasteiger partial charge in [-0.15, -0.1) is 0 Å². The number of hydrogen-bond acceptors (Lipinski definition) is 4. The van der Waals surface area contributed by atoms with E-state index in [0.29, 0.717) is 17.9 Å². The topological polar surface area (TPSA) is 47.3 Å². The van der Waals surface area contributed by atoms with Crippen LogP contribution < -0.4 is 10.1 Å². The van der Waals surface area contributed by atoms with Gasteiger partial charge in [-0.05, 0) is 18.9 Å². The van der Waals surface area contributed by atoms with Crippen molar-refractivity contribution in [1.29, 1.82) is 0 Å². The van der Waals surface area contributed by atoms with Gasteiger partial charge in [0.2, 0.25) is 0 Å². The molecule has 0 aliphatic heterocycles. The first-order valence-corrected chi connectivity index (χ1v) is 7.30. The largest absolute Gasteiger partial charge is 0.434 e. The van der Waals surface area contributed by atoms with E-state index >= 15 is 0 Å². The minimum Gasteiger partial charge on any atom is -0.434 e. The quantitative estimate of drug-likeness (QED) is 0.819. The molecule has 0 saturated heterocycles. The molecule has 0 amide bonds. The number of benzene rings is 1. The second kappa shape index (κ2) is 7.50. The smallest absolute Gasteiger partial charge is 0.387 e. The van der Waals surface area contributed by atoms with Crippen molar-refractivity contribution in [2.45, 2.75) is 45.9 Å². The second-order valence-electron chi connectivity index (χ2n) is 5.54. The first-order valence-electron chi connectivity index (χ1n) is 7.30. The fraction of sp³-hybridized carbons (Fsp3) is 0.438. The molecule has 1 aromatic heterocycles. The first-order chi connectivity index (χ1) is 10.9. The lowest BCUT2D eigenvalue weighted by molar-refractivity contribution is -0.0508. The second-order valence-corrected chi connectivity index (χ2v) is 5.54. The monoisotopic (exact) mass is 328 g/mol. The van der Waals surface area contributed by atoms with Crippen LogP contribution in [0.25, 0.3) is 0 Å². The van der Waals surface area contributed by atoms with Crippen LogP contribution in [-0.4, -0.2) is 11.8 Å². The number of rotatable bonds is 7. The Morgan fingerprint density at radius 2 is 1.96 bits per heavy atom. The van der Waals surface area contributed by atoms with Gasteiger partial charge in [-0.3, -0.25) is 0 Å². The molecule has 0 unspecified atom stereocenters. The van der Waals surface area contributed by atoms with Crippen LogP contribution in [0.5, 0.6) is 5.75 Å². The Morgan fingerprint density at radius 3 is 2.57 bits per heavy atom. The molecule has 126 valence electrons. The summed E-state index contributed by atoms with van der Waals surface area (Å²) < 4.78 is 47.7. The van der Waals surface area contributed by atoms with Gasteiger partial charge in [0.1, 0.15) is 11.6 Å². The van der Waals surface area contributed by atoms with Gasteiger partial charge in [0, 0.05) is 23.7 Å². The summed E-state index contributed by atoms with van der Waals surface area (Å²) in [6.07, 6.45) is 0. The van der Waals surface area contributed by atoms with Crippen LogP contribution in [0.3, 0.4) is 0 Å². The van der Waals surface area contributed by atoms with E-state index < -0.39 is 12.4 Å². The van der Waals surface area contributed by atoms with Crippen LogP contribution in [0.15, 0.2) is 28.8 Å². The highest BCUT2D eigenvalue weighted by Crippen LogP contribution is 2.28. The van der Waals surface area contributed by atoms with E-state index in [4.69, 9.17) is 4.52 Å². The van der Waals surface area contributed by atoms with E-state index in [9.17, 15) is 13.2 Å². The molecule has 0 aliphatic rings. The van der Waals surface area contributed by atoms with Crippen molar-refractivity contribution < 1.29 is 22.4 Å². The molecule has 0 spiro atoms. The molecular formula is C16H19F3N2O2. The van der Waals surface area contributed by atoms with Gasteiger partial charge in [0.15, 0.2) is 5.76 Å². The van der Waals surface area contributed by atoms with E-state index in [2.05, 4.69) is 15.2 Å². The summed E-state index contributed by atoms with van der Waals surface area (Å²) in [5, 5.41) is 7.07. The fourth-order valence-corrected chi connectivity index (χ4v) is 2.11. The molecule has 1 aromatic carbocycles. The third-order valence-corrected chi connectivity index (χ3v) is 3.41. The van der Waals surface area contributed by atoms with Gasteiger partial charge < -0.3 is 14.6 Å². The van der Waals surface area contributed by atoms with Crippen LogP contribution >= 0.6 is 0 Å². The fourth-order valence-electron chi connectivity index (χ4n) is 2.11. The van der Waals surface area contributed by atoms with E-state index in [-0.39, 0.29) is 17.7 Å². The van der Waals surface area contributed by atoms with Crippen molar-refractivity contribution in [1.82, 2.24) is 10.5 Å². The Balaban J connectivity index is 2.06. The van der Waals surface area contributed by atoms with Crippen LogP contribution in [0.1, 0.15) is 49.7 Å². The summed E-state index contributed by atoms with van der Waals surface area (Å²) in [5.74, 6) is 0.0842. The Hall–Kier alpha value is -2.02. The van der Waals surface area contributed by atoms with Crippen molar-refractivity contribution in [2.24, 2.45) is 0 Å². The van der Waals surface area contributed by atoms with Gasteiger partial charge in [-0.1, -0.05) is 25.1 Å². The molecule has 1 heterocycles. The van der Waals surface area contributed by atoms with Gasteiger partial charge in [-0.2, -0.15) is 8.78 Å². The number of ether oxygens (including phenoxy) is 1. The van der Waals surface area contributed by atoms with Crippen molar-refractivity contribution in [3.05, 3.63) is 47.1 Å². The number of nitrogens with one attached hydrogen (secondary N) is 1. The number of halogens is 3. The summed E-state index contributed by atoms with van der Waals surface area (Å²) in [5.41, 5.74) is 1.29. The molecule has 0 aliphatic carbocycles. The third-order valence-electron chi connectivity index (χ3n) is 3.41. The SMILES string of the molecule is CC(C)c1cc(CN[C@@H](C)c2ccc(F)cc2OC(F)F)on1. The minimum atomic E-state index is -3.01. The van der Waals surface area contributed by atoms with E-state index in [1.165, 1.54) is 12.1 Å². The molecule has 0 fully saturated rings. The molecule has 1 N–H and O–H groups in total. The predicted octanol–water partition coefficient (Wildman–Crippen LogP) is 4.39. The first kappa shape index (κ1) is 17.3. The maximum atomic E-state index is 13.2. The van der Waals surface area contributed by atoms with E-state index in [0.717, 1.165) is 11.8 Å². The molecular weight excluding hydrogens is 309 g/mol. The normalized spacial score (nSPS) is 12.9. The average Bonchev–Trinajstić information content (AvgIpc) is 2.93. The highest BCUT2D eigenvalue weighted by molar-refractivity contribution is 5.36. The molecule has 2 aromatic rings. The maximum absolute atomic E-state index is 13.2. The number of hydrogen-bond donors (Lipinski definition) is 1. The molecule has 4 nitrogen and oxygen atoms in total. The van der Waals surface area contributed by atoms with Gasteiger partial charge in [0.25, 0.3) is 0 Å². The predicted molar refractivity (Wildman–Crippen MR) is 78.9 cm³/mol. The Morgan fingerprint density at radius 1 is 1.22 bits per heavy atom. The van der Waals surface area contributed by atoms with Crippen molar-refractivity contribution >= 4 is 0 Å². The zero-order chi connectivity index (χ0) is 17.0. The molecule has 2 rings (SSSR count). The van der Waals surface area contributed by atoms with Crippen molar-refractivity contribution in [3.63, 3.8) is 0 Å². The number of nitrogens with zero attached hydrogens (tertiary/aromatic N) is 1. The highest BCUT2D eigenvalue weighted by atomic mass is 19.3. The summed E-state index contributed by atoms with van der Waals surface area (Å²) >= 11 is 0. The summed E-state index contributed by atoms with van der Waals surface area (Å²) in [6.45, 7) is 3.14. The van der Waals surface area contributed by atoms with Crippen molar-refractivity contribution in [2.75, 3.05) is 0 Å². The summed E-state index contributed by atoms with van der Waals surface area (Å²) in [7, 11) is 0. The van der Waals surface area contributed by atoms with Crippen LogP contribution in [-0.2, 0) is 6.54 Å². The molecule has 0 radical (unpaired) electrons. The Labute approximate surface area is 132 Å². The van der Waals surface area contributed by atoms with Crippen LogP contribution in [0.4, 0.5) is 13.2 Å². The zero-order valence-electron chi connectivity index (χ0n) is 13.1. The summed E-state index contributed by atoms with van der Waals surface area (Å²) in [4.78, 5) is 0. The molecule has 0 saturated carbocycles. The lowest BCUT2D eigenvalue weighted by Gasteiger charge is -2.17. The summed E-state index contributed by atoms with van der Waals surface area (Å²) in [6, 6.07) is 5.08. The highest BCUT2D eigenvalue weighted by Gasteiger charge is 2.16. The van der Waals surface area contributed by atoms with Gasteiger partial charge in [-0.25, -0.2) is 4.39 Å². The Bertz CT molecular complexity index is 644. The molecule has 1 atom stereocenters. The lowest BCUT2D eigenvalue weighted by Crippen LogP contribution is -2.19. The van der Waals surface area contributed by atoms with Crippen molar-refractivity contribution in [3.8, 4) is 5.75 Å². The Kier molecular flexibility index (Phi) is 5.65. The van der Waals surface area contributed by atoms with Gasteiger partial charge in [0.05, 0.1) is 12.2 Å². The lowest BCUT2D eigenvalue weighted by atomic mass is 10.1. The minimum absolute atomic E-state index is 0.180. The standard InChI is InChI=1S/C16H19F3N2O2/c1-9(2)14-7-12(23-21-14)8-20-10(3)13-5-4-11(17)6-15(13)22-16(18)19/h4-7,9-10,16,20H,8H2,1-3H3/t10-/m0/s1. The van der Waals surface area contributed by atoms with Gasteiger partial charge >= 0.3 is 6.61 Å².